The third-order valence-electron chi connectivity index (χ3n) is 2.91. The van der Waals surface area contributed by atoms with Crippen LogP contribution in [0.5, 0.6) is 0 Å². The normalized spacial score (nSPS) is 25.4. The molecule has 0 bridgehead atoms. The molecule has 0 aromatic carbocycles. The van der Waals surface area contributed by atoms with Gasteiger partial charge in [-0.2, -0.15) is 0 Å². The molecule has 90 valence electrons. The molecule has 1 N–H and O–H groups in total. The molecule has 0 atom stereocenters. The first-order chi connectivity index (χ1) is 7.10. The van der Waals surface area contributed by atoms with Gasteiger partial charge < -0.3 is 24.2 Å². The van der Waals surface area contributed by atoms with Gasteiger partial charge in [-0.25, -0.2) is 0 Å². The highest BCUT2D eigenvalue weighted by molar-refractivity contribution is 4.80. The van der Waals surface area contributed by atoms with E-state index in [9.17, 15) is 5.21 Å². The van der Waals surface area contributed by atoms with Crippen molar-refractivity contribution >= 4 is 0 Å². The first-order valence-electron chi connectivity index (χ1n) is 4.80. The Morgan fingerprint density at radius 2 is 1.20 bits per heavy atom. The van der Waals surface area contributed by atoms with Crippen molar-refractivity contribution in [1.29, 1.82) is 0 Å². The molecular weight excluding hydrogens is 202 g/mol. The van der Waals surface area contributed by atoms with Gasteiger partial charge in [-0.3, -0.25) is 0 Å². The lowest BCUT2D eigenvalue weighted by molar-refractivity contribution is -0.505. The lowest BCUT2D eigenvalue weighted by Gasteiger charge is -2.49. The van der Waals surface area contributed by atoms with E-state index in [1.807, 2.05) is 0 Å². The van der Waals surface area contributed by atoms with Crippen molar-refractivity contribution < 1.29 is 24.2 Å². The first-order valence-corrected chi connectivity index (χ1v) is 4.80. The van der Waals surface area contributed by atoms with Gasteiger partial charge >= 0.3 is 0 Å². The van der Waals surface area contributed by atoms with Gasteiger partial charge in [0.25, 0.3) is 11.8 Å². The lowest BCUT2D eigenvalue weighted by atomic mass is 10.1. The molecule has 1 aliphatic rings. The number of hydroxylamine groups is 2. The molecule has 0 aliphatic carbocycles. The lowest BCUT2D eigenvalue weighted by Crippen LogP contribution is -2.65. The molecule has 1 heterocycles. The van der Waals surface area contributed by atoms with Crippen molar-refractivity contribution in [2.24, 2.45) is 0 Å². The van der Waals surface area contributed by atoms with Gasteiger partial charge in [-0.15, -0.1) is 0 Å². The summed E-state index contributed by atoms with van der Waals surface area (Å²) in [6.07, 6.45) is 1.86. The van der Waals surface area contributed by atoms with Gasteiger partial charge in [-0.1, -0.05) is 5.06 Å². The van der Waals surface area contributed by atoms with E-state index >= 15 is 0 Å². The van der Waals surface area contributed by atoms with Gasteiger partial charge in [0.05, 0.1) is 0 Å². The van der Waals surface area contributed by atoms with Crippen LogP contribution >= 0.6 is 0 Å². The van der Waals surface area contributed by atoms with E-state index in [1.165, 1.54) is 28.4 Å². The van der Waals surface area contributed by atoms with Crippen LogP contribution in [0.25, 0.3) is 0 Å². The van der Waals surface area contributed by atoms with Crippen LogP contribution in [-0.4, -0.2) is 50.5 Å². The molecule has 6 nitrogen and oxygen atoms in total. The average molecular weight is 221 g/mol. The van der Waals surface area contributed by atoms with E-state index < -0.39 is 11.8 Å². The summed E-state index contributed by atoms with van der Waals surface area (Å²) in [6.45, 7) is 0. The van der Waals surface area contributed by atoms with Crippen LogP contribution in [-0.2, 0) is 18.9 Å². The topological polar surface area (TPSA) is 60.4 Å². The van der Waals surface area contributed by atoms with Crippen LogP contribution < -0.4 is 0 Å². The molecule has 0 aromatic rings. The quantitative estimate of drug-likeness (QED) is 0.707. The van der Waals surface area contributed by atoms with E-state index in [2.05, 4.69) is 0 Å². The molecule has 15 heavy (non-hydrogen) atoms. The third kappa shape index (κ3) is 1.89. The largest absolute Gasteiger partial charge is 0.339 e. The van der Waals surface area contributed by atoms with E-state index in [0.717, 1.165) is 11.5 Å². The molecule has 1 saturated heterocycles. The van der Waals surface area contributed by atoms with Gasteiger partial charge in [0.1, 0.15) is 0 Å². The predicted molar refractivity (Wildman–Crippen MR) is 51.0 cm³/mol. The summed E-state index contributed by atoms with van der Waals surface area (Å²) in [7, 11) is 5.87. The van der Waals surface area contributed by atoms with Crippen LogP contribution in [0.3, 0.4) is 0 Å². The van der Waals surface area contributed by atoms with E-state index in [-0.39, 0.29) is 0 Å². The molecule has 0 unspecified atom stereocenters. The Morgan fingerprint density at radius 3 is 1.47 bits per heavy atom. The Morgan fingerprint density at radius 1 is 0.867 bits per heavy atom. The Hall–Kier alpha value is -0.240. The summed E-state index contributed by atoms with van der Waals surface area (Å²) in [6, 6.07) is 0. The molecule has 0 radical (unpaired) electrons. The average Bonchev–Trinajstić information content (AvgIpc) is 2.30. The van der Waals surface area contributed by atoms with Crippen molar-refractivity contribution in [1.82, 2.24) is 5.06 Å². The van der Waals surface area contributed by atoms with Gasteiger partial charge in [0, 0.05) is 41.3 Å². The van der Waals surface area contributed by atoms with Gasteiger partial charge in [0.2, 0.25) is 0 Å². The van der Waals surface area contributed by atoms with E-state index in [1.54, 1.807) is 0 Å². The predicted octanol–water partition coefficient (Wildman–Crippen LogP) is 0.755. The van der Waals surface area contributed by atoms with Crippen molar-refractivity contribution in [2.45, 2.75) is 31.1 Å². The highest BCUT2D eigenvalue weighted by atomic mass is 16.8. The van der Waals surface area contributed by atoms with Crippen LogP contribution in [0.4, 0.5) is 0 Å². The molecule has 1 fully saturated rings. The van der Waals surface area contributed by atoms with Crippen molar-refractivity contribution in [3.05, 3.63) is 0 Å². The molecule has 0 aromatic heterocycles. The molecule has 1 rings (SSSR count). The van der Waals surface area contributed by atoms with Crippen LogP contribution in [0.2, 0.25) is 0 Å². The van der Waals surface area contributed by atoms with Gasteiger partial charge in [0.15, 0.2) is 0 Å². The zero-order valence-corrected chi connectivity index (χ0v) is 9.65. The highest BCUT2D eigenvalue weighted by Gasteiger charge is 2.54. The number of hydrogen-bond acceptors (Lipinski definition) is 6. The Kier molecular flexibility index (Phi) is 4.05. The summed E-state index contributed by atoms with van der Waals surface area (Å²) in [5.41, 5.74) is 0. The van der Waals surface area contributed by atoms with Crippen molar-refractivity contribution in [3.8, 4) is 0 Å². The monoisotopic (exact) mass is 221 g/mol. The number of piperidine rings is 1. The molecule has 1 aliphatic heterocycles. The summed E-state index contributed by atoms with van der Waals surface area (Å²) in [4.78, 5) is 0. The number of rotatable bonds is 4. The smallest absolute Gasteiger partial charge is 0.256 e. The Labute approximate surface area is 89.6 Å². The Bertz CT molecular complexity index is 183. The van der Waals surface area contributed by atoms with Crippen LogP contribution in [0.1, 0.15) is 19.3 Å². The second-order valence-electron chi connectivity index (χ2n) is 3.41. The Balaban J connectivity index is 2.95. The maximum absolute atomic E-state index is 10.1. The van der Waals surface area contributed by atoms with Crippen LogP contribution in [0, 0.1) is 0 Å². The maximum atomic E-state index is 10.1. The van der Waals surface area contributed by atoms with E-state index in [0.29, 0.717) is 12.8 Å². The van der Waals surface area contributed by atoms with E-state index in [4.69, 9.17) is 18.9 Å². The zero-order chi connectivity index (χ0) is 11.5. The van der Waals surface area contributed by atoms with Gasteiger partial charge in [-0.05, 0) is 6.42 Å². The number of methoxy groups -OCH3 is 4. The standard InChI is InChI=1S/C9H19NO5/c1-12-8(13-2)6-5-7-9(14-3,15-4)10(8)11/h11H,5-7H2,1-4H3. The number of hydrogen-bond donors (Lipinski definition) is 1. The van der Waals surface area contributed by atoms with Crippen molar-refractivity contribution in [3.63, 3.8) is 0 Å². The van der Waals surface area contributed by atoms with Crippen LogP contribution in [0.15, 0.2) is 0 Å². The van der Waals surface area contributed by atoms with Crippen molar-refractivity contribution in [2.75, 3.05) is 28.4 Å². The fraction of sp³-hybridized carbons (Fsp3) is 1.00. The fourth-order valence-electron chi connectivity index (χ4n) is 1.93. The second-order valence-corrected chi connectivity index (χ2v) is 3.41. The molecule has 6 heteroatoms. The minimum Gasteiger partial charge on any atom is -0.339 e. The SMILES string of the molecule is COC1(OC)CCCC(OC)(OC)N1O. The second kappa shape index (κ2) is 4.73. The third-order valence-corrected chi connectivity index (χ3v) is 2.91. The molecule has 0 spiro atoms. The summed E-state index contributed by atoms with van der Waals surface area (Å²) >= 11 is 0. The maximum Gasteiger partial charge on any atom is 0.256 e. The highest BCUT2D eigenvalue weighted by Crippen LogP contribution is 2.39. The minimum absolute atomic E-state index is 0.547. The number of ether oxygens (including phenoxy) is 4. The summed E-state index contributed by atoms with van der Waals surface area (Å²) < 4.78 is 20.8. The minimum atomic E-state index is -1.20. The summed E-state index contributed by atoms with van der Waals surface area (Å²) in [5, 5.41) is 10.9. The fourth-order valence-corrected chi connectivity index (χ4v) is 1.93. The molecule has 0 saturated carbocycles. The number of nitrogens with zero attached hydrogens (tertiary/aromatic N) is 1. The summed E-state index contributed by atoms with van der Waals surface area (Å²) in [5.74, 6) is -2.41. The molecular formula is C9H19NO5. The first kappa shape index (κ1) is 12.8. The zero-order valence-electron chi connectivity index (χ0n) is 9.65. The molecule has 0 amide bonds.